The van der Waals surface area contributed by atoms with Crippen molar-refractivity contribution in [1.82, 2.24) is 15.2 Å². The highest BCUT2D eigenvalue weighted by molar-refractivity contribution is 6.35. The summed E-state index contributed by atoms with van der Waals surface area (Å²) in [6.07, 6.45) is 3.19. The van der Waals surface area contributed by atoms with Gasteiger partial charge in [0, 0.05) is 21.8 Å². The van der Waals surface area contributed by atoms with E-state index in [9.17, 15) is 4.79 Å². The molecule has 3 aromatic rings. The van der Waals surface area contributed by atoms with E-state index < -0.39 is 0 Å². The van der Waals surface area contributed by atoms with Gasteiger partial charge < -0.3 is 5.32 Å². The number of carbonyl (C=O) groups excluding carboxylic acids is 1. The van der Waals surface area contributed by atoms with Crippen LogP contribution in [-0.2, 0) is 0 Å². The van der Waals surface area contributed by atoms with E-state index in [0.717, 1.165) is 0 Å². The molecular formula is C15H10Cl2N4O. The summed E-state index contributed by atoms with van der Waals surface area (Å²) in [5.41, 5.74) is 2.20. The lowest BCUT2D eigenvalue weighted by Crippen LogP contribution is -2.12. The summed E-state index contributed by atoms with van der Waals surface area (Å²) in [6, 6.07) is 10.1. The average molecular weight is 333 g/mol. The van der Waals surface area contributed by atoms with Crippen LogP contribution in [-0.4, -0.2) is 21.1 Å². The van der Waals surface area contributed by atoms with Gasteiger partial charge in [0.25, 0.3) is 5.91 Å². The number of hydrogen-bond acceptors (Lipinski definition) is 3. The number of hydrogen-bond donors (Lipinski definition) is 2. The lowest BCUT2D eigenvalue weighted by Gasteiger charge is -2.06. The number of nitrogens with zero attached hydrogens (tertiary/aromatic N) is 2. The summed E-state index contributed by atoms with van der Waals surface area (Å²) >= 11 is 11.8. The van der Waals surface area contributed by atoms with Gasteiger partial charge in [0.15, 0.2) is 0 Å². The molecule has 0 unspecified atom stereocenters. The number of rotatable bonds is 3. The minimum atomic E-state index is -0.331. The Morgan fingerprint density at radius 1 is 1.14 bits per heavy atom. The fourth-order valence-electron chi connectivity index (χ4n) is 1.97. The quantitative estimate of drug-likeness (QED) is 0.760. The van der Waals surface area contributed by atoms with Gasteiger partial charge in [-0.25, -0.2) is 0 Å². The first kappa shape index (κ1) is 14.6. The molecule has 0 saturated carbocycles. The van der Waals surface area contributed by atoms with Crippen molar-refractivity contribution in [2.75, 3.05) is 5.32 Å². The number of carbonyl (C=O) groups is 1. The van der Waals surface area contributed by atoms with Crippen LogP contribution >= 0.6 is 23.2 Å². The maximum Gasteiger partial charge on any atom is 0.255 e. The lowest BCUT2D eigenvalue weighted by atomic mass is 10.2. The van der Waals surface area contributed by atoms with Crippen LogP contribution in [0.15, 0.2) is 48.8 Å². The van der Waals surface area contributed by atoms with Crippen molar-refractivity contribution < 1.29 is 4.79 Å². The van der Waals surface area contributed by atoms with E-state index in [4.69, 9.17) is 23.2 Å². The topological polar surface area (TPSA) is 70.7 Å². The number of halogens is 2. The molecule has 0 aliphatic heterocycles. The Bertz CT molecular complexity index is 797. The number of amides is 1. The Hall–Kier alpha value is -2.37. The van der Waals surface area contributed by atoms with Gasteiger partial charge in [-0.3, -0.25) is 14.9 Å². The Morgan fingerprint density at radius 3 is 2.59 bits per heavy atom. The maximum absolute atomic E-state index is 12.3. The second-order valence-corrected chi connectivity index (χ2v) is 5.36. The van der Waals surface area contributed by atoms with E-state index in [0.29, 0.717) is 32.7 Å². The van der Waals surface area contributed by atoms with Crippen molar-refractivity contribution in [1.29, 1.82) is 0 Å². The molecule has 0 aliphatic carbocycles. The smallest absolute Gasteiger partial charge is 0.255 e. The van der Waals surface area contributed by atoms with Crippen LogP contribution in [0, 0.1) is 0 Å². The van der Waals surface area contributed by atoms with Crippen LogP contribution in [0.4, 0.5) is 5.69 Å². The lowest BCUT2D eigenvalue weighted by molar-refractivity contribution is 0.102. The zero-order valence-electron chi connectivity index (χ0n) is 11.2. The minimum Gasteiger partial charge on any atom is -0.319 e. The van der Waals surface area contributed by atoms with Crippen molar-refractivity contribution in [3.05, 3.63) is 64.4 Å². The summed E-state index contributed by atoms with van der Waals surface area (Å²) in [5, 5.41) is 10.3. The molecule has 2 N–H and O–H groups in total. The molecule has 0 bridgehead atoms. The number of aromatic nitrogens is 3. The first-order chi connectivity index (χ1) is 10.6. The summed E-state index contributed by atoms with van der Waals surface area (Å²) in [5.74, 6) is -0.331. The minimum absolute atomic E-state index is 0.331. The first-order valence-corrected chi connectivity index (χ1v) is 7.11. The molecule has 0 atom stereocenters. The van der Waals surface area contributed by atoms with E-state index in [1.54, 1.807) is 24.4 Å². The van der Waals surface area contributed by atoms with Crippen LogP contribution in [0.1, 0.15) is 10.4 Å². The van der Waals surface area contributed by atoms with Gasteiger partial charge in [0.1, 0.15) is 5.69 Å². The third-order valence-electron chi connectivity index (χ3n) is 2.93. The van der Waals surface area contributed by atoms with Crippen molar-refractivity contribution in [2.24, 2.45) is 0 Å². The van der Waals surface area contributed by atoms with Crippen molar-refractivity contribution >= 4 is 34.8 Å². The van der Waals surface area contributed by atoms with Crippen LogP contribution < -0.4 is 5.32 Å². The molecule has 1 amide bonds. The molecule has 0 radical (unpaired) electrons. The van der Waals surface area contributed by atoms with E-state index in [1.807, 2.05) is 18.2 Å². The Morgan fingerprint density at radius 2 is 1.91 bits per heavy atom. The summed E-state index contributed by atoms with van der Waals surface area (Å²) in [7, 11) is 0. The zero-order valence-corrected chi connectivity index (χ0v) is 12.7. The average Bonchev–Trinajstić information content (AvgIpc) is 2.95. The standard InChI is InChI=1S/C15H10Cl2N4O/c16-10-5-9(6-11(17)7-10)15(22)20-13-8-19-21-14(13)12-3-1-2-4-18-12/h1-8H,(H,19,21)(H,20,22). The summed E-state index contributed by atoms with van der Waals surface area (Å²) < 4.78 is 0. The fraction of sp³-hybridized carbons (Fsp3) is 0. The van der Waals surface area contributed by atoms with Gasteiger partial charge in [0.2, 0.25) is 0 Å². The number of H-pyrrole nitrogens is 1. The third kappa shape index (κ3) is 3.10. The van der Waals surface area contributed by atoms with Gasteiger partial charge in [-0.05, 0) is 30.3 Å². The second-order valence-electron chi connectivity index (χ2n) is 4.49. The number of nitrogens with one attached hydrogen (secondary N) is 2. The summed E-state index contributed by atoms with van der Waals surface area (Å²) in [6.45, 7) is 0. The Kier molecular flexibility index (Phi) is 4.09. The van der Waals surface area contributed by atoms with Crippen molar-refractivity contribution in [3.63, 3.8) is 0 Å². The molecule has 110 valence electrons. The van der Waals surface area contributed by atoms with Crippen LogP contribution in [0.2, 0.25) is 10.0 Å². The predicted molar refractivity (Wildman–Crippen MR) is 86.2 cm³/mol. The Labute approximate surface area is 136 Å². The highest BCUT2D eigenvalue weighted by Crippen LogP contribution is 2.25. The normalized spacial score (nSPS) is 10.5. The molecule has 0 fully saturated rings. The monoisotopic (exact) mass is 332 g/mol. The highest BCUT2D eigenvalue weighted by Gasteiger charge is 2.14. The molecule has 22 heavy (non-hydrogen) atoms. The first-order valence-electron chi connectivity index (χ1n) is 6.36. The van der Waals surface area contributed by atoms with E-state index in [2.05, 4.69) is 20.5 Å². The molecule has 0 spiro atoms. The number of aromatic amines is 1. The molecule has 2 aromatic heterocycles. The van der Waals surface area contributed by atoms with Crippen LogP contribution in [0.25, 0.3) is 11.4 Å². The molecule has 0 aliphatic rings. The SMILES string of the molecule is O=C(Nc1cn[nH]c1-c1ccccn1)c1cc(Cl)cc(Cl)c1. The predicted octanol–water partition coefficient (Wildman–Crippen LogP) is 4.03. The highest BCUT2D eigenvalue weighted by atomic mass is 35.5. The maximum atomic E-state index is 12.3. The third-order valence-corrected chi connectivity index (χ3v) is 3.37. The molecule has 0 saturated heterocycles. The fourth-order valence-corrected chi connectivity index (χ4v) is 2.49. The van der Waals surface area contributed by atoms with Gasteiger partial charge >= 0.3 is 0 Å². The Balaban J connectivity index is 1.88. The molecule has 7 heteroatoms. The molecule has 1 aromatic carbocycles. The van der Waals surface area contributed by atoms with Crippen LogP contribution in [0.5, 0.6) is 0 Å². The number of pyridine rings is 1. The van der Waals surface area contributed by atoms with E-state index in [-0.39, 0.29) is 5.91 Å². The van der Waals surface area contributed by atoms with Crippen LogP contribution in [0.3, 0.4) is 0 Å². The van der Waals surface area contributed by atoms with E-state index in [1.165, 1.54) is 6.20 Å². The van der Waals surface area contributed by atoms with Crippen molar-refractivity contribution in [2.45, 2.75) is 0 Å². The second kappa shape index (κ2) is 6.17. The largest absolute Gasteiger partial charge is 0.319 e. The number of benzene rings is 1. The van der Waals surface area contributed by atoms with Gasteiger partial charge in [-0.1, -0.05) is 29.3 Å². The summed E-state index contributed by atoms with van der Waals surface area (Å²) in [4.78, 5) is 16.5. The van der Waals surface area contributed by atoms with E-state index >= 15 is 0 Å². The molecular weight excluding hydrogens is 323 g/mol. The van der Waals surface area contributed by atoms with Gasteiger partial charge in [0.05, 0.1) is 17.6 Å². The molecule has 2 heterocycles. The zero-order chi connectivity index (χ0) is 15.5. The van der Waals surface area contributed by atoms with Gasteiger partial charge in [-0.2, -0.15) is 5.10 Å². The molecule has 5 nitrogen and oxygen atoms in total. The molecule has 3 rings (SSSR count). The van der Waals surface area contributed by atoms with Gasteiger partial charge in [-0.15, -0.1) is 0 Å². The van der Waals surface area contributed by atoms with Crippen molar-refractivity contribution in [3.8, 4) is 11.4 Å². The number of anilines is 1.